The van der Waals surface area contributed by atoms with Gasteiger partial charge in [-0.25, -0.2) is 13.5 Å². The molecule has 9 heteroatoms. The molecule has 0 aliphatic carbocycles. The molecule has 0 aliphatic heterocycles. The van der Waals surface area contributed by atoms with Crippen LogP contribution >= 0.6 is 0 Å². The first-order valence-electron chi connectivity index (χ1n) is 11.2. The normalized spacial score (nSPS) is 11.1. The third-order valence-corrected chi connectivity index (χ3v) is 5.71. The van der Waals surface area contributed by atoms with Crippen LogP contribution < -0.4 is 0 Å². The number of aromatic nitrogens is 5. The Morgan fingerprint density at radius 1 is 1.03 bits per heavy atom. The molecule has 34 heavy (non-hydrogen) atoms. The lowest BCUT2D eigenvalue weighted by molar-refractivity contribution is 0.0786. The molecule has 0 fully saturated rings. The average Bonchev–Trinajstić information content (AvgIpc) is 3.46. The summed E-state index contributed by atoms with van der Waals surface area (Å²) in [6.45, 7) is 2.37. The minimum atomic E-state index is -0.336. The van der Waals surface area contributed by atoms with E-state index in [9.17, 15) is 13.6 Å². The monoisotopic (exact) mass is 464 g/mol. The van der Waals surface area contributed by atoms with Crippen LogP contribution in [0, 0.1) is 18.6 Å². The Balaban J connectivity index is 1.24. The summed E-state index contributed by atoms with van der Waals surface area (Å²) in [5.41, 5.74) is 4.01. The van der Waals surface area contributed by atoms with Crippen molar-refractivity contribution in [3.8, 4) is 16.9 Å². The Kier molecular flexibility index (Phi) is 7.10. The molecule has 2 heterocycles. The zero-order valence-electron chi connectivity index (χ0n) is 19.1. The Bertz CT molecular complexity index is 1260. The number of aromatic amines is 1. The number of rotatable bonds is 9. The molecule has 0 unspecified atom stereocenters. The van der Waals surface area contributed by atoms with Gasteiger partial charge in [-0.15, -0.1) is 5.10 Å². The molecule has 0 radical (unpaired) electrons. The fourth-order valence-electron chi connectivity index (χ4n) is 3.76. The van der Waals surface area contributed by atoms with Gasteiger partial charge in [0, 0.05) is 24.8 Å². The van der Waals surface area contributed by atoms with Gasteiger partial charge in [0.2, 0.25) is 0 Å². The van der Waals surface area contributed by atoms with E-state index < -0.39 is 0 Å². The first kappa shape index (κ1) is 23.3. The van der Waals surface area contributed by atoms with Crippen molar-refractivity contribution in [2.75, 3.05) is 13.6 Å². The van der Waals surface area contributed by atoms with Crippen LogP contribution in [0.5, 0.6) is 0 Å². The Labute approximate surface area is 196 Å². The predicted octanol–water partition coefficient (Wildman–Crippen LogP) is 4.73. The number of hydrogen-bond donors (Lipinski definition) is 1. The molecule has 0 aliphatic rings. The lowest BCUT2D eigenvalue weighted by atomic mass is 10.1. The molecular weight excluding hydrogens is 438 g/mol. The minimum absolute atomic E-state index is 0.195. The number of carbonyl (C=O) groups is 1. The van der Waals surface area contributed by atoms with Crippen molar-refractivity contribution in [1.82, 2.24) is 30.1 Å². The van der Waals surface area contributed by atoms with Crippen molar-refractivity contribution in [3.05, 3.63) is 83.3 Å². The maximum atomic E-state index is 13.4. The lowest BCUT2D eigenvalue weighted by Gasteiger charge is -2.16. The maximum Gasteiger partial charge on any atom is 0.276 e. The lowest BCUT2D eigenvalue weighted by Crippen LogP contribution is -2.28. The van der Waals surface area contributed by atoms with E-state index in [1.807, 2.05) is 12.1 Å². The number of unbranched alkanes of at least 4 members (excludes halogenated alkanes) is 2. The van der Waals surface area contributed by atoms with Crippen molar-refractivity contribution >= 4 is 5.91 Å². The van der Waals surface area contributed by atoms with E-state index >= 15 is 0 Å². The summed E-state index contributed by atoms with van der Waals surface area (Å²) < 4.78 is 28.1. The molecule has 0 saturated heterocycles. The summed E-state index contributed by atoms with van der Waals surface area (Å²) in [5.74, 6) is -0.815. The molecule has 2 aromatic carbocycles. The molecule has 4 aromatic rings. The van der Waals surface area contributed by atoms with E-state index in [4.69, 9.17) is 0 Å². The molecule has 7 nitrogen and oxygen atoms in total. The standard InChI is InChI=1S/C25H26F2N6O/c1-17-24(30-31-33(17)22-12-10-19(26)11-13-22)25(34)32(2)14-5-3-4-9-21-16-23(29-28-21)18-7-6-8-20(27)15-18/h6-8,10-13,15-16H,3-5,9,14H2,1-2H3,(H,28,29). The van der Waals surface area contributed by atoms with Gasteiger partial charge in [0.05, 0.1) is 17.1 Å². The first-order valence-corrected chi connectivity index (χ1v) is 11.2. The van der Waals surface area contributed by atoms with Crippen molar-refractivity contribution < 1.29 is 13.6 Å². The molecule has 1 amide bonds. The van der Waals surface area contributed by atoms with Crippen LogP contribution in [0.25, 0.3) is 16.9 Å². The second-order valence-corrected chi connectivity index (χ2v) is 8.24. The van der Waals surface area contributed by atoms with Crippen LogP contribution in [0.2, 0.25) is 0 Å². The van der Waals surface area contributed by atoms with Crippen LogP contribution in [0.15, 0.2) is 54.6 Å². The van der Waals surface area contributed by atoms with Gasteiger partial charge in [-0.1, -0.05) is 23.8 Å². The van der Waals surface area contributed by atoms with Crippen LogP contribution in [0.1, 0.15) is 41.1 Å². The van der Waals surface area contributed by atoms with E-state index in [-0.39, 0.29) is 23.2 Å². The zero-order chi connectivity index (χ0) is 24.1. The number of carbonyl (C=O) groups excluding carboxylic acids is 1. The van der Waals surface area contributed by atoms with Crippen LogP contribution in [0.3, 0.4) is 0 Å². The van der Waals surface area contributed by atoms with Gasteiger partial charge in [-0.3, -0.25) is 9.89 Å². The topological polar surface area (TPSA) is 79.7 Å². The molecule has 0 saturated carbocycles. The number of hydrogen-bond acceptors (Lipinski definition) is 4. The molecule has 1 N–H and O–H groups in total. The number of nitrogens with one attached hydrogen (secondary N) is 1. The molecule has 2 aromatic heterocycles. The van der Waals surface area contributed by atoms with Crippen molar-refractivity contribution in [1.29, 1.82) is 0 Å². The van der Waals surface area contributed by atoms with Gasteiger partial charge in [-0.05, 0) is 68.7 Å². The van der Waals surface area contributed by atoms with E-state index in [1.165, 1.54) is 28.9 Å². The summed E-state index contributed by atoms with van der Waals surface area (Å²) in [4.78, 5) is 14.5. The number of amides is 1. The van der Waals surface area contributed by atoms with Crippen LogP contribution in [0.4, 0.5) is 8.78 Å². The van der Waals surface area contributed by atoms with E-state index in [0.29, 0.717) is 17.9 Å². The number of halogens is 2. The van der Waals surface area contributed by atoms with E-state index in [1.54, 1.807) is 37.1 Å². The van der Waals surface area contributed by atoms with Crippen molar-refractivity contribution in [2.45, 2.75) is 32.6 Å². The highest BCUT2D eigenvalue weighted by molar-refractivity contribution is 5.93. The summed E-state index contributed by atoms with van der Waals surface area (Å²) >= 11 is 0. The van der Waals surface area contributed by atoms with Gasteiger partial charge in [0.25, 0.3) is 5.91 Å². The third kappa shape index (κ3) is 5.36. The van der Waals surface area contributed by atoms with Gasteiger partial charge in [-0.2, -0.15) is 5.10 Å². The fraction of sp³-hybridized carbons (Fsp3) is 0.280. The minimum Gasteiger partial charge on any atom is -0.340 e. The summed E-state index contributed by atoms with van der Waals surface area (Å²) in [5, 5.41) is 15.4. The highest BCUT2D eigenvalue weighted by atomic mass is 19.1. The second kappa shape index (κ2) is 10.4. The van der Waals surface area contributed by atoms with Crippen LogP contribution in [-0.2, 0) is 6.42 Å². The van der Waals surface area contributed by atoms with Gasteiger partial charge < -0.3 is 4.90 Å². The molecule has 0 spiro atoms. The highest BCUT2D eigenvalue weighted by Crippen LogP contribution is 2.19. The summed E-state index contributed by atoms with van der Waals surface area (Å²) in [7, 11) is 1.75. The predicted molar refractivity (Wildman–Crippen MR) is 125 cm³/mol. The quantitative estimate of drug-likeness (QED) is 0.363. The summed E-state index contributed by atoms with van der Waals surface area (Å²) in [6.07, 6.45) is 3.54. The van der Waals surface area contributed by atoms with Crippen LogP contribution in [-0.4, -0.2) is 49.6 Å². The highest BCUT2D eigenvalue weighted by Gasteiger charge is 2.20. The van der Waals surface area contributed by atoms with Gasteiger partial charge >= 0.3 is 0 Å². The molecule has 4 rings (SSSR count). The molecule has 0 atom stereocenters. The number of aryl methyl sites for hydroxylation is 1. The zero-order valence-corrected chi connectivity index (χ0v) is 19.1. The second-order valence-electron chi connectivity index (χ2n) is 8.24. The Morgan fingerprint density at radius 3 is 2.59 bits per heavy atom. The summed E-state index contributed by atoms with van der Waals surface area (Å²) in [6, 6.07) is 14.2. The fourth-order valence-corrected chi connectivity index (χ4v) is 3.76. The molecular formula is C25H26F2N6O. The number of H-pyrrole nitrogens is 1. The first-order chi connectivity index (χ1) is 16.4. The average molecular weight is 465 g/mol. The smallest absolute Gasteiger partial charge is 0.276 e. The van der Waals surface area contributed by atoms with Gasteiger partial charge in [0.15, 0.2) is 5.69 Å². The Hall–Kier alpha value is -3.88. The third-order valence-electron chi connectivity index (χ3n) is 5.71. The Morgan fingerprint density at radius 2 is 1.82 bits per heavy atom. The van der Waals surface area contributed by atoms with Crippen molar-refractivity contribution in [3.63, 3.8) is 0 Å². The number of benzene rings is 2. The number of nitrogens with zero attached hydrogens (tertiary/aromatic N) is 5. The maximum absolute atomic E-state index is 13.4. The van der Waals surface area contributed by atoms with Gasteiger partial charge in [0.1, 0.15) is 11.6 Å². The largest absolute Gasteiger partial charge is 0.340 e. The molecule has 176 valence electrons. The SMILES string of the molecule is Cc1c(C(=O)N(C)CCCCCc2cc(-c3cccc(F)c3)n[nH]2)nnn1-c1ccc(F)cc1. The molecule has 0 bridgehead atoms. The van der Waals surface area contributed by atoms with Crippen molar-refractivity contribution in [2.24, 2.45) is 0 Å². The van der Waals surface area contributed by atoms with E-state index in [2.05, 4.69) is 20.5 Å². The van der Waals surface area contributed by atoms with E-state index in [0.717, 1.165) is 42.6 Å².